The summed E-state index contributed by atoms with van der Waals surface area (Å²) in [5.74, 6) is 0.559. The molecule has 8 heteroatoms. The molecule has 1 N–H and O–H groups in total. The van der Waals surface area contributed by atoms with Gasteiger partial charge in [0.25, 0.3) is 0 Å². The van der Waals surface area contributed by atoms with Crippen molar-refractivity contribution in [3.63, 3.8) is 0 Å². The van der Waals surface area contributed by atoms with E-state index in [0.29, 0.717) is 33.3 Å². The second-order valence-corrected chi connectivity index (χ2v) is 8.60. The Labute approximate surface area is 184 Å². The molecule has 1 amide bonds. The predicted octanol–water partition coefficient (Wildman–Crippen LogP) is 5.87. The average Bonchev–Trinajstić information content (AvgIpc) is 3.08. The number of hydrogen-bond donors (Lipinski definition) is 1. The van der Waals surface area contributed by atoms with Crippen LogP contribution >= 0.6 is 35.0 Å². The largest absolute Gasteiger partial charge is 0.325 e. The van der Waals surface area contributed by atoms with Crippen molar-refractivity contribution >= 4 is 46.6 Å². The molecule has 29 heavy (non-hydrogen) atoms. The summed E-state index contributed by atoms with van der Waals surface area (Å²) in [6, 6.07) is 12.8. The third-order valence-corrected chi connectivity index (χ3v) is 5.81. The Morgan fingerprint density at radius 2 is 1.90 bits per heavy atom. The molecular formula is C21H20Cl2N4OS. The van der Waals surface area contributed by atoms with Crippen LogP contribution in [0.25, 0.3) is 11.4 Å². The highest BCUT2D eigenvalue weighted by molar-refractivity contribution is 8.00. The zero-order chi connectivity index (χ0) is 21.0. The SMILES string of the molecule is C=CCn1c(SC(C)C(=O)Nc2cc(Cl)ccc2C)nnc1-c1ccc(Cl)cc1. The maximum atomic E-state index is 12.7. The van der Waals surface area contributed by atoms with E-state index in [1.165, 1.54) is 11.8 Å². The number of nitrogens with zero attached hydrogens (tertiary/aromatic N) is 3. The number of amides is 1. The van der Waals surface area contributed by atoms with E-state index in [4.69, 9.17) is 23.2 Å². The van der Waals surface area contributed by atoms with Gasteiger partial charge in [-0.25, -0.2) is 0 Å². The fraction of sp³-hybridized carbons (Fsp3) is 0.190. The summed E-state index contributed by atoms with van der Waals surface area (Å²) < 4.78 is 1.93. The van der Waals surface area contributed by atoms with Gasteiger partial charge in [-0.3, -0.25) is 9.36 Å². The van der Waals surface area contributed by atoms with Crippen molar-refractivity contribution < 1.29 is 4.79 Å². The Hall–Kier alpha value is -2.28. The van der Waals surface area contributed by atoms with Crippen molar-refractivity contribution in [2.45, 2.75) is 30.8 Å². The van der Waals surface area contributed by atoms with Gasteiger partial charge in [0.2, 0.25) is 5.91 Å². The highest BCUT2D eigenvalue weighted by Gasteiger charge is 2.21. The van der Waals surface area contributed by atoms with Gasteiger partial charge in [0.05, 0.1) is 5.25 Å². The number of benzene rings is 2. The molecule has 0 aliphatic rings. The van der Waals surface area contributed by atoms with Crippen LogP contribution in [0.2, 0.25) is 10.0 Å². The molecule has 3 rings (SSSR count). The lowest BCUT2D eigenvalue weighted by Crippen LogP contribution is -2.23. The maximum Gasteiger partial charge on any atom is 0.237 e. The van der Waals surface area contributed by atoms with Crippen LogP contribution in [0.15, 0.2) is 60.3 Å². The third kappa shape index (κ3) is 5.21. The van der Waals surface area contributed by atoms with Gasteiger partial charge < -0.3 is 5.32 Å². The Balaban J connectivity index is 1.79. The molecular weight excluding hydrogens is 427 g/mol. The summed E-state index contributed by atoms with van der Waals surface area (Å²) in [4.78, 5) is 12.7. The van der Waals surface area contributed by atoms with E-state index in [0.717, 1.165) is 11.1 Å². The van der Waals surface area contributed by atoms with Crippen molar-refractivity contribution in [3.8, 4) is 11.4 Å². The van der Waals surface area contributed by atoms with E-state index >= 15 is 0 Å². The molecule has 1 unspecified atom stereocenters. The van der Waals surface area contributed by atoms with Gasteiger partial charge in [-0.15, -0.1) is 16.8 Å². The van der Waals surface area contributed by atoms with Gasteiger partial charge in [0, 0.05) is 27.8 Å². The van der Waals surface area contributed by atoms with Gasteiger partial charge in [-0.2, -0.15) is 0 Å². The number of allylic oxidation sites excluding steroid dienone is 1. The number of carbonyl (C=O) groups is 1. The normalized spacial score (nSPS) is 11.9. The van der Waals surface area contributed by atoms with Crippen LogP contribution in [-0.2, 0) is 11.3 Å². The Morgan fingerprint density at radius 1 is 1.21 bits per heavy atom. The minimum atomic E-state index is -0.390. The van der Waals surface area contributed by atoms with Gasteiger partial charge in [-0.05, 0) is 55.8 Å². The minimum Gasteiger partial charge on any atom is -0.325 e. The van der Waals surface area contributed by atoms with Crippen molar-refractivity contribution in [2.24, 2.45) is 0 Å². The first-order valence-corrected chi connectivity index (χ1v) is 10.6. The monoisotopic (exact) mass is 446 g/mol. The smallest absolute Gasteiger partial charge is 0.237 e. The summed E-state index contributed by atoms with van der Waals surface area (Å²) in [5, 5.41) is 13.0. The van der Waals surface area contributed by atoms with Gasteiger partial charge in [-0.1, -0.05) is 47.1 Å². The minimum absolute atomic E-state index is 0.137. The van der Waals surface area contributed by atoms with Crippen LogP contribution in [0.5, 0.6) is 0 Å². The first-order chi connectivity index (χ1) is 13.9. The number of nitrogens with one attached hydrogen (secondary N) is 1. The number of aryl methyl sites for hydroxylation is 1. The van der Waals surface area contributed by atoms with Crippen LogP contribution in [0.3, 0.4) is 0 Å². The first kappa shape index (κ1) is 21.4. The van der Waals surface area contributed by atoms with E-state index in [9.17, 15) is 4.79 Å². The topological polar surface area (TPSA) is 59.8 Å². The molecule has 1 atom stereocenters. The first-order valence-electron chi connectivity index (χ1n) is 8.92. The Morgan fingerprint density at radius 3 is 2.59 bits per heavy atom. The van der Waals surface area contributed by atoms with E-state index in [2.05, 4.69) is 22.1 Å². The number of aromatic nitrogens is 3. The van der Waals surface area contributed by atoms with E-state index in [1.54, 1.807) is 30.3 Å². The van der Waals surface area contributed by atoms with Crippen LogP contribution in [0.4, 0.5) is 5.69 Å². The molecule has 1 aromatic heterocycles. The molecule has 0 aliphatic heterocycles. The second-order valence-electron chi connectivity index (χ2n) is 6.42. The average molecular weight is 447 g/mol. The number of halogens is 2. The summed E-state index contributed by atoms with van der Waals surface area (Å²) in [7, 11) is 0. The molecule has 0 saturated carbocycles. The highest BCUT2D eigenvalue weighted by atomic mass is 35.5. The van der Waals surface area contributed by atoms with Crippen molar-refractivity contribution in [2.75, 3.05) is 5.32 Å². The number of anilines is 1. The molecule has 1 heterocycles. The Kier molecular flexibility index (Phi) is 7.00. The van der Waals surface area contributed by atoms with Crippen LogP contribution in [0.1, 0.15) is 12.5 Å². The van der Waals surface area contributed by atoms with Gasteiger partial charge in [0.1, 0.15) is 0 Å². The van der Waals surface area contributed by atoms with Crippen LogP contribution < -0.4 is 5.32 Å². The quantitative estimate of drug-likeness (QED) is 0.364. The second kappa shape index (κ2) is 9.48. The highest BCUT2D eigenvalue weighted by Crippen LogP contribution is 2.29. The summed E-state index contributed by atoms with van der Waals surface area (Å²) >= 11 is 13.4. The van der Waals surface area contributed by atoms with Gasteiger partial charge in [0.15, 0.2) is 11.0 Å². The standard InChI is InChI=1S/C21H20Cl2N4OS/c1-4-11-27-19(15-6-9-16(22)10-7-15)25-26-21(27)29-14(3)20(28)24-18-12-17(23)8-5-13(18)2/h4-10,12,14H,1,11H2,2-3H3,(H,24,28). The summed E-state index contributed by atoms with van der Waals surface area (Å²) in [6.07, 6.45) is 1.77. The fourth-order valence-corrected chi connectivity index (χ4v) is 3.81. The van der Waals surface area contributed by atoms with Crippen molar-refractivity contribution in [3.05, 3.63) is 70.7 Å². The van der Waals surface area contributed by atoms with Crippen molar-refractivity contribution in [1.29, 1.82) is 0 Å². The third-order valence-electron chi connectivity index (χ3n) is 4.24. The lowest BCUT2D eigenvalue weighted by atomic mass is 10.2. The van der Waals surface area contributed by atoms with Gasteiger partial charge >= 0.3 is 0 Å². The molecule has 150 valence electrons. The molecule has 0 aliphatic carbocycles. The number of rotatable bonds is 7. The number of thioether (sulfide) groups is 1. The number of hydrogen-bond acceptors (Lipinski definition) is 4. The molecule has 2 aromatic carbocycles. The molecule has 0 bridgehead atoms. The zero-order valence-corrected chi connectivity index (χ0v) is 18.4. The van der Waals surface area contributed by atoms with Crippen LogP contribution in [-0.4, -0.2) is 25.9 Å². The molecule has 0 spiro atoms. The van der Waals surface area contributed by atoms with E-state index in [-0.39, 0.29) is 11.2 Å². The summed E-state index contributed by atoms with van der Waals surface area (Å²) in [5.41, 5.74) is 2.53. The van der Waals surface area contributed by atoms with E-state index in [1.807, 2.05) is 36.6 Å². The molecule has 3 aromatic rings. The zero-order valence-electron chi connectivity index (χ0n) is 16.0. The number of carbonyl (C=O) groups excluding carboxylic acids is 1. The molecule has 5 nitrogen and oxygen atoms in total. The molecule has 0 saturated heterocycles. The fourth-order valence-electron chi connectivity index (χ4n) is 2.66. The molecule has 0 fully saturated rings. The molecule has 0 radical (unpaired) electrons. The summed E-state index contributed by atoms with van der Waals surface area (Å²) in [6.45, 7) is 8.09. The van der Waals surface area contributed by atoms with E-state index < -0.39 is 0 Å². The lowest BCUT2D eigenvalue weighted by Gasteiger charge is -2.14. The lowest BCUT2D eigenvalue weighted by molar-refractivity contribution is -0.115. The van der Waals surface area contributed by atoms with Crippen molar-refractivity contribution in [1.82, 2.24) is 14.8 Å². The van der Waals surface area contributed by atoms with Crippen LogP contribution in [0, 0.1) is 6.92 Å². The Bertz CT molecular complexity index is 1030. The maximum absolute atomic E-state index is 12.7. The predicted molar refractivity (Wildman–Crippen MR) is 121 cm³/mol.